The topological polar surface area (TPSA) is 114 Å². The smallest absolute Gasteiger partial charge is 0.328 e. The minimum atomic E-state index is -3.64. The Balaban J connectivity index is 1.88. The Morgan fingerprint density at radius 3 is 2.76 bits per heavy atom. The molecule has 1 heterocycles. The molecule has 0 saturated heterocycles. The van der Waals surface area contributed by atoms with E-state index in [1.165, 1.54) is 6.07 Å². The molecule has 2 rings (SSSR count). The van der Waals surface area contributed by atoms with Crippen molar-refractivity contribution < 1.29 is 22.7 Å². The van der Waals surface area contributed by atoms with Crippen LogP contribution in [0.2, 0.25) is 0 Å². The zero-order chi connectivity index (χ0) is 18.4. The lowest BCUT2D eigenvalue weighted by molar-refractivity contribution is -0.147. The zero-order valence-electron chi connectivity index (χ0n) is 14.1. The summed E-state index contributed by atoms with van der Waals surface area (Å²) >= 11 is 0. The molecule has 0 saturated carbocycles. The molecule has 0 radical (unpaired) electrons. The minimum Gasteiger partial charge on any atom is -0.454 e. The molecule has 0 aromatic heterocycles. The highest BCUT2D eigenvalue weighted by atomic mass is 32.2. The molecule has 8 nitrogen and oxygen atoms in total. The highest BCUT2D eigenvalue weighted by Gasteiger charge is 2.30. The van der Waals surface area contributed by atoms with Crippen LogP contribution in [0.25, 0.3) is 0 Å². The number of benzene rings is 1. The van der Waals surface area contributed by atoms with Crippen LogP contribution >= 0.6 is 0 Å². The van der Waals surface area contributed by atoms with E-state index in [1.807, 2.05) is 13.8 Å². The lowest BCUT2D eigenvalue weighted by atomic mass is 10.2. The quantitative estimate of drug-likeness (QED) is 0.684. The number of rotatable bonds is 7. The number of fused-ring (bicyclic) bond motifs is 1. The van der Waals surface area contributed by atoms with Gasteiger partial charge in [0.25, 0.3) is 15.9 Å². The van der Waals surface area contributed by atoms with Crippen LogP contribution in [0.4, 0.5) is 0 Å². The normalized spacial score (nSPS) is 17.4. The van der Waals surface area contributed by atoms with Crippen LogP contribution < -0.4 is 10.0 Å². The molecule has 1 amide bonds. The number of amides is 1. The molecule has 1 aliphatic heterocycles. The summed E-state index contributed by atoms with van der Waals surface area (Å²) in [4.78, 5) is 27.4. The third-order valence-corrected chi connectivity index (χ3v) is 4.92. The molecule has 9 heteroatoms. The number of hydrogen-bond donors (Lipinski definition) is 2. The first kappa shape index (κ1) is 18.9. The summed E-state index contributed by atoms with van der Waals surface area (Å²) in [5.74, 6) is -1.00. The number of hydrogen-bond acceptors (Lipinski definition) is 6. The Hall–Kier alpha value is -2.42. The lowest BCUT2D eigenvalue weighted by Crippen LogP contribution is -2.36. The summed E-state index contributed by atoms with van der Waals surface area (Å²) in [6.45, 7) is 3.11. The predicted octanol–water partition coefficient (Wildman–Crippen LogP) is 0.573. The lowest BCUT2D eigenvalue weighted by Gasteiger charge is -2.12. The van der Waals surface area contributed by atoms with Crippen LogP contribution in [-0.4, -0.2) is 45.3 Å². The molecule has 1 aromatic rings. The number of nitrogens with zero attached hydrogens (tertiary/aromatic N) is 1. The Labute approximate surface area is 146 Å². The maximum atomic E-state index is 11.9. The second kappa shape index (κ2) is 8.11. The summed E-state index contributed by atoms with van der Waals surface area (Å²) in [7, 11) is -3.64. The van der Waals surface area contributed by atoms with Crippen molar-refractivity contribution in [3.63, 3.8) is 0 Å². The number of aliphatic imine (C=N–C) groups is 1. The van der Waals surface area contributed by atoms with Crippen molar-refractivity contribution in [1.29, 1.82) is 0 Å². The van der Waals surface area contributed by atoms with Gasteiger partial charge in [-0.05, 0) is 25.5 Å². The van der Waals surface area contributed by atoms with E-state index in [2.05, 4.69) is 15.0 Å². The summed E-state index contributed by atoms with van der Waals surface area (Å²) in [6.07, 6.45) is 1.78. The average Bonchev–Trinajstić information content (AvgIpc) is 2.82. The maximum absolute atomic E-state index is 11.9. The van der Waals surface area contributed by atoms with Crippen molar-refractivity contribution in [1.82, 2.24) is 10.0 Å². The molecule has 0 aliphatic carbocycles. The largest absolute Gasteiger partial charge is 0.454 e. The highest BCUT2D eigenvalue weighted by Crippen LogP contribution is 2.21. The first-order valence-corrected chi connectivity index (χ1v) is 9.43. The van der Waals surface area contributed by atoms with Crippen molar-refractivity contribution >= 4 is 27.7 Å². The number of carbonyl (C=O) groups is 2. The van der Waals surface area contributed by atoms with E-state index in [9.17, 15) is 18.0 Å². The molecule has 0 bridgehead atoms. The second-order valence-corrected chi connectivity index (χ2v) is 7.34. The van der Waals surface area contributed by atoms with Crippen LogP contribution in [-0.2, 0) is 24.3 Å². The van der Waals surface area contributed by atoms with E-state index in [-0.39, 0.29) is 35.8 Å². The number of ether oxygens (including phenoxy) is 1. The number of sulfonamides is 1. The van der Waals surface area contributed by atoms with E-state index in [0.29, 0.717) is 5.56 Å². The van der Waals surface area contributed by atoms with Gasteiger partial charge in [0.15, 0.2) is 6.61 Å². The SMILES string of the molecule is CCC[C@@H](C)NC(=O)COC(=O)CN=C1NS(=O)(=O)c2ccccc21. The Morgan fingerprint density at radius 1 is 1.32 bits per heavy atom. The number of nitrogens with one attached hydrogen (secondary N) is 2. The third-order valence-electron chi connectivity index (χ3n) is 3.52. The Kier molecular flexibility index (Phi) is 6.13. The van der Waals surface area contributed by atoms with Gasteiger partial charge in [-0.25, -0.2) is 8.42 Å². The van der Waals surface area contributed by atoms with E-state index < -0.39 is 16.0 Å². The van der Waals surface area contributed by atoms with Crippen LogP contribution in [0.3, 0.4) is 0 Å². The van der Waals surface area contributed by atoms with Crippen LogP contribution in [0.15, 0.2) is 34.2 Å². The van der Waals surface area contributed by atoms with Crippen molar-refractivity contribution in [2.45, 2.75) is 37.6 Å². The van der Waals surface area contributed by atoms with Crippen molar-refractivity contribution in [2.24, 2.45) is 4.99 Å². The monoisotopic (exact) mass is 367 g/mol. The van der Waals surface area contributed by atoms with Gasteiger partial charge in [-0.2, -0.15) is 0 Å². The fraction of sp³-hybridized carbons (Fsp3) is 0.438. The molecular formula is C16H21N3O5S. The summed E-state index contributed by atoms with van der Waals surface area (Å²) < 4.78 is 31.0. The van der Waals surface area contributed by atoms with Gasteiger partial charge < -0.3 is 10.1 Å². The molecule has 0 fully saturated rings. The Bertz CT molecular complexity index is 789. The van der Waals surface area contributed by atoms with Crippen LogP contribution in [0.5, 0.6) is 0 Å². The Morgan fingerprint density at radius 2 is 2.04 bits per heavy atom. The molecule has 1 aromatic carbocycles. The van der Waals surface area contributed by atoms with Gasteiger partial charge in [0.1, 0.15) is 12.4 Å². The zero-order valence-corrected chi connectivity index (χ0v) is 14.9. The molecule has 1 atom stereocenters. The van der Waals surface area contributed by atoms with Crippen LogP contribution in [0.1, 0.15) is 32.3 Å². The standard InChI is InChI=1S/C16H21N3O5S/c1-3-6-11(2)18-14(20)10-24-15(21)9-17-16-12-7-4-5-8-13(12)25(22,23)19-16/h4-5,7-8,11H,3,6,9-10H2,1-2H3,(H,17,19)(H,18,20)/t11-/m1/s1. The molecule has 0 unspecified atom stereocenters. The van der Waals surface area contributed by atoms with E-state index >= 15 is 0 Å². The first-order chi connectivity index (χ1) is 11.8. The van der Waals surface area contributed by atoms with Gasteiger partial charge in [0.05, 0.1) is 4.90 Å². The summed E-state index contributed by atoms with van der Waals surface area (Å²) in [6, 6.07) is 6.35. The van der Waals surface area contributed by atoms with Crippen molar-refractivity contribution in [3.8, 4) is 0 Å². The maximum Gasteiger partial charge on any atom is 0.328 e. The van der Waals surface area contributed by atoms with Crippen LogP contribution in [0, 0.1) is 0 Å². The average molecular weight is 367 g/mol. The van der Waals surface area contributed by atoms with Gasteiger partial charge in [-0.3, -0.25) is 19.3 Å². The third kappa shape index (κ3) is 5.02. The fourth-order valence-electron chi connectivity index (χ4n) is 2.41. The van der Waals surface area contributed by atoms with E-state index in [0.717, 1.165) is 12.8 Å². The number of carbonyl (C=O) groups excluding carboxylic acids is 2. The van der Waals surface area contributed by atoms with E-state index in [4.69, 9.17) is 4.74 Å². The fourth-order valence-corrected chi connectivity index (χ4v) is 3.66. The molecular weight excluding hydrogens is 346 g/mol. The number of esters is 1. The highest BCUT2D eigenvalue weighted by molar-refractivity contribution is 7.90. The van der Waals surface area contributed by atoms with E-state index in [1.54, 1.807) is 18.2 Å². The molecule has 1 aliphatic rings. The number of amidine groups is 1. The molecule has 2 N–H and O–H groups in total. The molecule has 0 spiro atoms. The van der Waals surface area contributed by atoms with Gasteiger partial charge >= 0.3 is 5.97 Å². The van der Waals surface area contributed by atoms with Gasteiger partial charge in [0.2, 0.25) is 0 Å². The minimum absolute atomic E-state index is 0.0147. The first-order valence-electron chi connectivity index (χ1n) is 7.95. The summed E-state index contributed by atoms with van der Waals surface area (Å²) in [5, 5.41) is 2.71. The summed E-state index contributed by atoms with van der Waals surface area (Å²) in [5.41, 5.74) is 0.404. The van der Waals surface area contributed by atoms with Gasteiger partial charge in [0, 0.05) is 11.6 Å². The molecule has 25 heavy (non-hydrogen) atoms. The molecule has 136 valence electrons. The van der Waals surface area contributed by atoms with Gasteiger partial charge in [-0.1, -0.05) is 25.5 Å². The second-order valence-electron chi connectivity index (χ2n) is 5.68. The van der Waals surface area contributed by atoms with Gasteiger partial charge in [-0.15, -0.1) is 0 Å². The predicted molar refractivity (Wildman–Crippen MR) is 91.6 cm³/mol. The van der Waals surface area contributed by atoms with Crippen molar-refractivity contribution in [2.75, 3.05) is 13.2 Å². The van der Waals surface area contributed by atoms with Crippen molar-refractivity contribution in [3.05, 3.63) is 29.8 Å².